The van der Waals surface area contributed by atoms with Crippen molar-refractivity contribution in [2.75, 3.05) is 13.1 Å². The highest BCUT2D eigenvalue weighted by Crippen LogP contribution is 2.40. The number of rotatable bonds is 3. The number of thiazole rings is 1. The Labute approximate surface area is 144 Å². The molecule has 2 unspecified atom stereocenters. The van der Waals surface area contributed by atoms with Gasteiger partial charge in [0.15, 0.2) is 0 Å². The van der Waals surface area contributed by atoms with Crippen molar-refractivity contribution in [3.63, 3.8) is 0 Å². The predicted molar refractivity (Wildman–Crippen MR) is 91.8 cm³/mol. The third-order valence-electron chi connectivity index (χ3n) is 5.03. The fourth-order valence-electron chi connectivity index (χ4n) is 3.40. The molecule has 2 aliphatic rings. The second-order valence-electron chi connectivity index (χ2n) is 6.77. The Bertz CT molecular complexity index is 793. The average Bonchev–Trinajstić information content (AvgIpc) is 3.10. The zero-order chi connectivity index (χ0) is 16.7. The summed E-state index contributed by atoms with van der Waals surface area (Å²) in [4.78, 5) is 38.0. The summed E-state index contributed by atoms with van der Waals surface area (Å²) < 4.78 is 0. The molecule has 0 radical (unpaired) electrons. The van der Waals surface area contributed by atoms with Gasteiger partial charge < -0.3 is 9.88 Å². The van der Waals surface area contributed by atoms with Crippen LogP contribution < -0.4 is 5.56 Å². The summed E-state index contributed by atoms with van der Waals surface area (Å²) in [6, 6.07) is 1.50. The van der Waals surface area contributed by atoms with Gasteiger partial charge in [0.2, 0.25) is 5.91 Å². The minimum atomic E-state index is -0.143. The average molecular weight is 344 g/mol. The van der Waals surface area contributed by atoms with Gasteiger partial charge in [-0.3, -0.25) is 9.59 Å². The molecule has 1 aliphatic heterocycles. The van der Waals surface area contributed by atoms with E-state index in [-0.39, 0.29) is 17.4 Å². The van der Waals surface area contributed by atoms with Gasteiger partial charge in [-0.1, -0.05) is 6.92 Å². The number of hydrogen-bond acceptors (Lipinski definition) is 5. The first-order chi connectivity index (χ1) is 11.6. The molecule has 1 N–H and O–H groups in total. The maximum Gasteiger partial charge on any atom is 0.251 e. The van der Waals surface area contributed by atoms with E-state index in [1.807, 2.05) is 10.3 Å². The van der Waals surface area contributed by atoms with E-state index in [4.69, 9.17) is 0 Å². The minimum absolute atomic E-state index is 0.143. The first-order valence-electron chi connectivity index (χ1n) is 8.41. The number of H-pyrrole nitrogens is 1. The highest BCUT2D eigenvalue weighted by molar-refractivity contribution is 7.13. The van der Waals surface area contributed by atoms with Crippen LogP contribution in [0.25, 0.3) is 10.7 Å². The number of piperidine rings is 1. The summed E-state index contributed by atoms with van der Waals surface area (Å²) in [6.45, 7) is 3.63. The Hall–Kier alpha value is -2.02. The number of hydrogen-bond donors (Lipinski definition) is 1. The second-order valence-corrected chi connectivity index (χ2v) is 7.67. The first-order valence-corrected chi connectivity index (χ1v) is 9.29. The Morgan fingerprint density at radius 3 is 2.75 bits per heavy atom. The molecular weight excluding hydrogens is 324 g/mol. The van der Waals surface area contributed by atoms with Crippen LogP contribution in [0, 0.1) is 11.8 Å². The molecule has 0 bridgehead atoms. The van der Waals surface area contributed by atoms with Gasteiger partial charge in [0.25, 0.3) is 5.56 Å². The molecule has 126 valence electrons. The summed E-state index contributed by atoms with van der Waals surface area (Å²) in [5, 5.41) is 2.64. The summed E-state index contributed by atoms with van der Waals surface area (Å²) in [5.41, 5.74) is 0.490. The molecule has 4 rings (SSSR count). The topological polar surface area (TPSA) is 79.0 Å². The van der Waals surface area contributed by atoms with Crippen LogP contribution in [0.3, 0.4) is 0 Å². The number of aromatic nitrogens is 3. The molecule has 0 spiro atoms. The number of carbonyl (C=O) groups is 1. The van der Waals surface area contributed by atoms with Crippen LogP contribution in [0.5, 0.6) is 0 Å². The van der Waals surface area contributed by atoms with Crippen molar-refractivity contribution in [1.82, 2.24) is 19.9 Å². The Balaban J connectivity index is 1.47. The Kier molecular flexibility index (Phi) is 3.96. The zero-order valence-electron chi connectivity index (χ0n) is 13.6. The van der Waals surface area contributed by atoms with Crippen LogP contribution in [0.1, 0.15) is 37.9 Å². The van der Waals surface area contributed by atoms with E-state index >= 15 is 0 Å². The van der Waals surface area contributed by atoms with Gasteiger partial charge in [-0.2, -0.15) is 0 Å². The SMILES string of the molecule is CC1CC1C(=O)N1CCC(c2nc(-c3nccs3)cc(=O)[nH]2)CC1. The molecule has 1 amide bonds. The molecule has 6 nitrogen and oxygen atoms in total. The van der Waals surface area contributed by atoms with Gasteiger partial charge in [-0.05, 0) is 25.2 Å². The van der Waals surface area contributed by atoms with Gasteiger partial charge in [-0.15, -0.1) is 11.3 Å². The van der Waals surface area contributed by atoms with Crippen LogP contribution in [0.2, 0.25) is 0 Å². The summed E-state index contributed by atoms with van der Waals surface area (Å²) in [6.07, 6.45) is 4.43. The van der Waals surface area contributed by atoms with E-state index in [2.05, 4.69) is 21.9 Å². The second kappa shape index (κ2) is 6.12. The summed E-state index contributed by atoms with van der Waals surface area (Å²) in [5.74, 6) is 2.01. The van der Waals surface area contributed by atoms with Crippen LogP contribution in [-0.2, 0) is 4.79 Å². The highest BCUT2D eigenvalue weighted by atomic mass is 32.1. The first kappa shape index (κ1) is 15.5. The molecule has 1 saturated heterocycles. The van der Waals surface area contributed by atoms with Crippen molar-refractivity contribution in [2.24, 2.45) is 11.8 Å². The van der Waals surface area contributed by atoms with Gasteiger partial charge in [0, 0.05) is 42.6 Å². The normalized spacial score (nSPS) is 24.1. The number of carbonyl (C=O) groups excluding carboxylic acids is 1. The molecule has 2 aromatic heterocycles. The van der Waals surface area contributed by atoms with Gasteiger partial charge in [0.1, 0.15) is 16.5 Å². The van der Waals surface area contributed by atoms with Crippen LogP contribution in [0.4, 0.5) is 0 Å². The number of nitrogens with one attached hydrogen (secondary N) is 1. The third kappa shape index (κ3) is 3.00. The fourth-order valence-corrected chi connectivity index (χ4v) is 4.00. The lowest BCUT2D eigenvalue weighted by Gasteiger charge is -2.31. The summed E-state index contributed by atoms with van der Waals surface area (Å²) >= 11 is 1.48. The van der Waals surface area contributed by atoms with E-state index in [0.717, 1.165) is 43.2 Å². The highest BCUT2D eigenvalue weighted by Gasteiger charge is 2.42. The molecular formula is C17H20N4O2S. The van der Waals surface area contributed by atoms with Gasteiger partial charge in [-0.25, -0.2) is 9.97 Å². The maximum absolute atomic E-state index is 12.3. The molecule has 24 heavy (non-hydrogen) atoms. The standard InChI is InChI=1S/C17H20N4O2S/c1-10-8-12(10)17(23)21-5-2-11(3-6-21)15-19-13(9-14(22)20-15)16-18-4-7-24-16/h4,7,9-12H,2-3,5-6,8H2,1H3,(H,19,20,22). The molecule has 2 atom stereocenters. The number of likely N-dealkylation sites (tertiary alicyclic amines) is 1. The van der Waals surface area contributed by atoms with Crippen molar-refractivity contribution in [2.45, 2.75) is 32.1 Å². The number of aromatic amines is 1. The predicted octanol–water partition coefficient (Wildman–Crippen LogP) is 2.26. The molecule has 2 aromatic rings. The Morgan fingerprint density at radius 1 is 1.38 bits per heavy atom. The fraction of sp³-hybridized carbons (Fsp3) is 0.529. The van der Waals surface area contributed by atoms with E-state index in [1.165, 1.54) is 17.4 Å². The maximum atomic E-state index is 12.3. The smallest absolute Gasteiger partial charge is 0.251 e. The number of nitrogens with zero attached hydrogens (tertiary/aromatic N) is 3. The van der Waals surface area contributed by atoms with Crippen molar-refractivity contribution in [3.05, 3.63) is 33.8 Å². The van der Waals surface area contributed by atoms with E-state index in [1.54, 1.807) is 6.20 Å². The van der Waals surface area contributed by atoms with Crippen LogP contribution in [-0.4, -0.2) is 38.8 Å². The quantitative estimate of drug-likeness (QED) is 0.926. The molecule has 1 saturated carbocycles. The largest absolute Gasteiger partial charge is 0.342 e. The Morgan fingerprint density at radius 2 is 2.12 bits per heavy atom. The van der Waals surface area contributed by atoms with Crippen molar-refractivity contribution >= 4 is 17.2 Å². The molecule has 1 aliphatic carbocycles. The molecule has 2 fully saturated rings. The van der Waals surface area contributed by atoms with Crippen molar-refractivity contribution in [1.29, 1.82) is 0 Å². The molecule has 0 aromatic carbocycles. The minimum Gasteiger partial charge on any atom is -0.342 e. The van der Waals surface area contributed by atoms with E-state index < -0.39 is 0 Å². The number of amides is 1. The molecule has 3 heterocycles. The molecule has 7 heteroatoms. The van der Waals surface area contributed by atoms with Gasteiger partial charge >= 0.3 is 0 Å². The van der Waals surface area contributed by atoms with E-state index in [0.29, 0.717) is 17.5 Å². The van der Waals surface area contributed by atoms with E-state index in [9.17, 15) is 9.59 Å². The van der Waals surface area contributed by atoms with Crippen molar-refractivity contribution < 1.29 is 4.79 Å². The monoisotopic (exact) mass is 344 g/mol. The van der Waals surface area contributed by atoms with Crippen LogP contribution in [0.15, 0.2) is 22.4 Å². The zero-order valence-corrected chi connectivity index (χ0v) is 14.4. The summed E-state index contributed by atoms with van der Waals surface area (Å²) in [7, 11) is 0. The third-order valence-corrected chi connectivity index (χ3v) is 5.83. The van der Waals surface area contributed by atoms with Gasteiger partial charge in [0.05, 0.1) is 0 Å². The lowest BCUT2D eigenvalue weighted by molar-refractivity contribution is -0.133. The van der Waals surface area contributed by atoms with Crippen LogP contribution >= 0.6 is 11.3 Å². The lowest BCUT2D eigenvalue weighted by Crippen LogP contribution is -2.39. The lowest BCUT2D eigenvalue weighted by atomic mass is 9.95. The van der Waals surface area contributed by atoms with Crippen molar-refractivity contribution in [3.8, 4) is 10.7 Å².